The van der Waals surface area contributed by atoms with Crippen LogP contribution in [0.15, 0.2) is 122 Å². The molecule has 4 aromatic carbocycles. The van der Waals surface area contributed by atoms with Gasteiger partial charge in [-0.1, -0.05) is 117 Å². The Labute approximate surface area is 718 Å². The summed E-state index contributed by atoms with van der Waals surface area (Å²) in [7, 11) is -3.19. The fourth-order valence-corrected chi connectivity index (χ4v) is 19.0. The van der Waals surface area contributed by atoms with Crippen LogP contribution in [0, 0.1) is 40.5 Å². The summed E-state index contributed by atoms with van der Waals surface area (Å²) < 4.78 is 205. The van der Waals surface area contributed by atoms with Gasteiger partial charge in [-0.05, 0) is 151 Å². The lowest BCUT2D eigenvalue weighted by Crippen LogP contribution is -2.40. The SMILES string of the molecule is CC(F)(F)c1ccc(C2CCCN2c2ncnc(NCC3CCCCC3O)c2F)cc1.CC(F)(F)c1ccc(C2CCCN2c2ncnc(NCC3CCN(S(C)(=O)=O)CC3)c2F)cc1.CC1(CCc2ncnc(N3CCCC3c3ccc(C(C)(F)F)cc3)c2F)CCCO1.CC1(CCc2ncnc(N3CCCC3c3ccc(C(C)(F)F)cc3)c2F)COC1. The monoisotopic (exact) mass is 1760 g/mol. The van der Waals surface area contributed by atoms with E-state index in [1.807, 2.05) is 19.6 Å². The predicted molar refractivity (Wildman–Crippen MR) is 453 cm³/mol. The molecule has 124 heavy (non-hydrogen) atoms. The first kappa shape index (κ1) is 92.6. The van der Waals surface area contributed by atoms with Crippen LogP contribution < -0.4 is 30.2 Å². The molecule has 0 spiro atoms. The minimum Gasteiger partial charge on any atom is -0.393 e. The Balaban J connectivity index is 0.000000142. The number of nitrogens with zero attached hydrogens (tertiary/aromatic N) is 13. The average molecular weight is 1760 g/mol. The van der Waals surface area contributed by atoms with Gasteiger partial charge in [0.1, 0.15) is 25.3 Å². The number of aliphatic hydroxyl groups excluding tert-OH is 1. The molecule has 20 nitrogen and oxygen atoms in total. The smallest absolute Gasteiger partial charge is 0.270 e. The van der Waals surface area contributed by atoms with E-state index in [4.69, 9.17) is 9.47 Å². The number of rotatable bonds is 25. The number of ether oxygens (including phenoxy) is 2. The normalized spacial score (nSPS) is 22.7. The van der Waals surface area contributed by atoms with Gasteiger partial charge in [0.15, 0.2) is 46.5 Å². The number of piperidine rings is 1. The molecule has 11 heterocycles. The number of halogens is 12. The number of benzene rings is 4. The largest absolute Gasteiger partial charge is 0.393 e. The van der Waals surface area contributed by atoms with E-state index in [9.17, 15) is 48.6 Å². The van der Waals surface area contributed by atoms with E-state index in [1.54, 1.807) is 48.5 Å². The van der Waals surface area contributed by atoms with E-state index in [0.29, 0.717) is 114 Å². The Morgan fingerprint density at radius 1 is 0.435 bits per heavy atom. The molecular weight excluding hydrogens is 1640 g/mol. The fraction of sp³-hybridized carbons (Fsp3) is 0.560. The summed E-state index contributed by atoms with van der Waals surface area (Å²) in [6.07, 6.45) is 22.8. The standard InChI is InChI=1S/C23H30F3N5O2S.C23H29F3N4O.C23H28F3N3O.C22H26F3N3O/c1-23(25,26)18-7-5-17(6-8-18)19-4-3-11-31(19)22-20(24)21(28-15-29-22)27-14-16-9-12-30(13-10-16)34(2,32)33;1-23(25,26)17-10-8-15(9-11-17)18-6-4-12-30(18)22-20(24)21(28-14-29-22)27-13-16-5-2-3-7-19(16)31;1-22(11-4-14-30-22)12-10-18-20(24)21(28-15-27-18)29-13-3-5-19(29)16-6-8-17(9-7-16)23(2,25)26;1-21(12-29-13-21)10-9-17-19(23)20(27-14-26-17)28-11-3-4-18(28)15-5-7-16(8-6-15)22(2,24)25/h5-8,15-16,19H,3-4,9-14H2,1-2H3,(H,27,28,29);8-11,14,16,18-19,31H,2-7,12-13H2,1H3,(H,27,28,29);6-9,15,19H,3-5,10-14H2,1-2H3;5-8,14,18H,3-4,9-13H2,1-2H3. The molecule has 8 aromatic rings. The highest BCUT2D eigenvalue weighted by Gasteiger charge is 2.40. The van der Waals surface area contributed by atoms with Gasteiger partial charge in [-0.3, -0.25) is 0 Å². The summed E-state index contributed by atoms with van der Waals surface area (Å²) in [6, 6.07) is 24.7. The van der Waals surface area contributed by atoms with Gasteiger partial charge in [-0.2, -0.15) is 8.78 Å². The molecule has 4 aromatic heterocycles. The van der Waals surface area contributed by atoms with Crippen molar-refractivity contribution < 1.29 is 75.7 Å². The van der Waals surface area contributed by atoms with Crippen LogP contribution in [-0.4, -0.2) is 148 Å². The third-order valence-corrected chi connectivity index (χ3v) is 26.9. The summed E-state index contributed by atoms with van der Waals surface area (Å²) in [5.74, 6) is -11.8. The number of hydrogen-bond donors (Lipinski definition) is 3. The Morgan fingerprint density at radius 3 is 1.11 bits per heavy atom. The highest BCUT2D eigenvalue weighted by molar-refractivity contribution is 7.88. The van der Waals surface area contributed by atoms with Crippen molar-refractivity contribution >= 4 is 44.9 Å². The highest BCUT2D eigenvalue weighted by atomic mass is 32.2. The summed E-state index contributed by atoms with van der Waals surface area (Å²) in [5, 5.41) is 16.3. The Hall–Kier alpha value is -9.05. The number of nitrogens with one attached hydrogen (secondary N) is 2. The molecule has 7 unspecified atom stereocenters. The number of alkyl halides is 8. The van der Waals surface area contributed by atoms with Crippen molar-refractivity contribution in [2.45, 2.75) is 230 Å². The maximum Gasteiger partial charge on any atom is 0.270 e. The van der Waals surface area contributed by atoms with Crippen LogP contribution in [0.5, 0.6) is 0 Å². The Kier molecular flexibility index (Phi) is 29.5. The van der Waals surface area contributed by atoms with Crippen LogP contribution in [0.1, 0.15) is 237 Å². The zero-order valence-corrected chi connectivity index (χ0v) is 72.2. The van der Waals surface area contributed by atoms with Crippen molar-refractivity contribution in [3.05, 3.63) is 202 Å². The van der Waals surface area contributed by atoms with Crippen LogP contribution in [-0.2, 0) is 56.0 Å². The molecule has 1 aliphatic carbocycles. The summed E-state index contributed by atoms with van der Waals surface area (Å²) in [6.45, 7) is 14.3. The average Bonchev–Trinajstić information content (AvgIpc) is 1.55. The zero-order chi connectivity index (χ0) is 88.5. The lowest BCUT2D eigenvalue weighted by atomic mass is 9.83. The van der Waals surface area contributed by atoms with Crippen molar-refractivity contribution in [1.29, 1.82) is 0 Å². The van der Waals surface area contributed by atoms with Gasteiger partial charge >= 0.3 is 0 Å². The van der Waals surface area contributed by atoms with Gasteiger partial charge in [0, 0.05) is 120 Å². The Morgan fingerprint density at radius 2 is 0.782 bits per heavy atom. The van der Waals surface area contributed by atoms with E-state index in [-0.39, 0.29) is 110 Å². The molecule has 7 saturated heterocycles. The van der Waals surface area contributed by atoms with Crippen LogP contribution in [0.4, 0.5) is 87.6 Å². The first-order valence-corrected chi connectivity index (χ1v) is 45.1. The molecule has 672 valence electrons. The number of aliphatic hydroxyl groups is 1. The van der Waals surface area contributed by atoms with E-state index >= 15 is 17.6 Å². The van der Waals surface area contributed by atoms with Crippen molar-refractivity contribution in [3.8, 4) is 0 Å². The summed E-state index contributed by atoms with van der Waals surface area (Å²) in [5.41, 5.74) is 4.09. The number of aryl methyl sites for hydroxylation is 2. The van der Waals surface area contributed by atoms with Gasteiger partial charge in [-0.25, -0.2) is 96.5 Å². The second-order valence-electron chi connectivity index (χ2n) is 35.3. The van der Waals surface area contributed by atoms with Crippen molar-refractivity contribution in [1.82, 2.24) is 44.2 Å². The van der Waals surface area contributed by atoms with Gasteiger partial charge in [0.25, 0.3) is 23.7 Å². The van der Waals surface area contributed by atoms with Crippen LogP contribution in [0.25, 0.3) is 0 Å². The Bertz CT molecular complexity index is 4960. The van der Waals surface area contributed by atoms with Crippen LogP contribution in [0.3, 0.4) is 0 Å². The minimum atomic E-state index is -3.19. The van der Waals surface area contributed by atoms with Gasteiger partial charge < -0.3 is 44.8 Å². The molecule has 0 radical (unpaired) electrons. The molecule has 7 atom stereocenters. The molecule has 16 rings (SSSR count). The second kappa shape index (κ2) is 39.5. The molecule has 0 amide bonds. The lowest BCUT2D eigenvalue weighted by Gasteiger charge is -2.38. The number of aromatic nitrogens is 8. The molecule has 3 N–H and O–H groups in total. The number of sulfonamides is 1. The number of hydrogen-bond acceptors (Lipinski definition) is 19. The van der Waals surface area contributed by atoms with Gasteiger partial charge in [-0.15, -0.1) is 0 Å². The highest BCUT2D eigenvalue weighted by Crippen LogP contribution is 2.45. The van der Waals surface area contributed by atoms with Crippen molar-refractivity contribution in [2.75, 3.05) is 109 Å². The van der Waals surface area contributed by atoms with E-state index < -0.39 is 45.3 Å². The fourth-order valence-electron chi connectivity index (χ4n) is 18.1. The van der Waals surface area contributed by atoms with E-state index in [1.165, 1.54) is 84.4 Å². The van der Waals surface area contributed by atoms with Crippen molar-refractivity contribution in [2.24, 2.45) is 17.3 Å². The number of anilines is 6. The van der Waals surface area contributed by atoms with Crippen molar-refractivity contribution in [3.63, 3.8) is 0 Å². The third kappa shape index (κ3) is 22.8. The summed E-state index contributed by atoms with van der Waals surface area (Å²) in [4.78, 5) is 41.0. The summed E-state index contributed by atoms with van der Waals surface area (Å²) >= 11 is 0. The topological polar surface area (TPSA) is 216 Å². The zero-order valence-electron chi connectivity index (χ0n) is 71.3. The maximum atomic E-state index is 15.4. The minimum absolute atomic E-state index is 0.0187. The predicted octanol–water partition coefficient (Wildman–Crippen LogP) is 19.8. The first-order chi connectivity index (χ1) is 58.9. The second-order valence-corrected chi connectivity index (χ2v) is 37.2. The molecule has 0 bridgehead atoms. The van der Waals surface area contributed by atoms with E-state index in [2.05, 4.69) is 64.4 Å². The van der Waals surface area contributed by atoms with Crippen LogP contribution >= 0.6 is 0 Å². The molecule has 33 heteroatoms. The molecule has 1 saturated carbocycles. The van der Waals surface area contributed by atoms with Crippen LogP contribution in [0.2, 0.25) is 0 Å². The quantitative estimate of drug-likeness (QED) is 0.0453. The third-order valence-electron chi connectivity index (χ3n) is 25.6. The molecule has 8 aliphatic rings. The van der Waals surface area contributed by atoms with Gasteiger partial charge in [0.2, 0.25) is 21.7 Å². The lowest BCUT2D eigenvalue weighted by molar-refractivity contribution is -0.105. The molecular formula is C91H113F12N15O5S. The van der Waals surface area contributed by atoms with E-state index in [0.717, 1.165) is 159 Å². The maximum absolute atomic E-state index is 15.4. The molecule has 7 aliphatic heterocycles. The first-order valence-electron chi connectivity index (χ1n) is 43.2. The van der Waals surface area contributed by atoms with Gasteiger partial charge in [0.05, 0.1) is 66.7 Å². The molecule has 8 fully saturated rings.